The second-order valence-corrected chi connectivity index (χ2v) is 5.47. The highest BCUT2D eigenvalue weighted by Crippen LogP contribution is 2.31. The topological polar surface area (TPSA) is 88.4 Å². The van der Waals surface area contributed by atoms with E-state index in [2.05, 4.69) is 10.3 Å². The van der Waals surface area contributed by atoms with Gasteiger partial charge < -0.3 is 10.2 Å². The lowest BCUT2D eigenvalue weighted by Gasteiger charge is -2.31. The first-order valence-electron chi connectivity index (χ1n) is 6.51. The third-order valence-corrected chi connectivity index (χ3v) is 3.70. The van der Waals surface area contributed by atoms with Crippen molar-refractivity contribution in [3.05, 3.63) is 27.9 Å². The van der Waals surface area contributed by atoms with E-state index in [9.17, 15) is 14.9 Å². The van der Waals surface area contributed by atoms with Gasteiger partial charge in [-0.15, -0.1) is 0 Å². The minimum Gasteiger partial charge on any atom is -0.372 e. The molecular weight excluding hydrogens is 260 g/mol. The van der Waals surface area contributed by atoms with Crippen molar-refractivity contribution in [2.75, 3.05) is 18.9 Å². The highest BCUT2D eigenvalue weighted by atomic mass is 16.6. The van der Waals surface area contributed by atoms with Gasteiger partial charge in [0.05, 0.1) is 10.5 Å². The van der Waals surface area contributed by atoms with Crippen molar-refractivity contribution in [2.24, 2.45) is 0 Å². The number of hydrogen-bond donors (Lipinski definition) is 1. The van der Waals surface area contributed by atoms with E-state index >= 15 is 0 Å². The molecule has 1 saturated heterocycles. The summed E-state index contributed by atoms with van der Waals surface area (Å²) in [6.07, 6.45) is 3.02. The van der Waals surface area contributed by atoms with Gasteiger partial charge in [0.2, 0.25) is 0 Å². The first-order valence-corrected chi connectivity index (χ1v) is 6.51. The highest BCUT2D eigenvalue weighted by molar-refractivity contribution is 5.99. The Labute approximate surface area is 117 Å². The Balaban J connectivity index is 2.42. The van der Waals surface area contributed by atoms with E-state index in [0.29, 0.717) is 12.4 Å². The predicted octanol–water partition coefficient (Wildman–Crippen LogP) is 2.05. The van der Waals surface area contributed by atoms with E-state index in [-0.39, 0.29) is 22.7 Å². The second-order valence-electron chi connectivity index (χ2n) is 5.47. The summed E-state index contributed by atoms with van der Waals surface area (Å²) < 4.78 is 0. The second kappa shape index (κ2) is 5.07. The van der Waals surface area contributed by atoms with Crippen LogP contribution < -0.4 is 5.32 Å². The number of likely N-dealkylation sites (tertiary alicyclic amines) is 1. The lowest BCUT2D eigenvalue weighted by Crippen LogP contribution is -2.42. The molecule has 2 heterocycles. The average Bonchev–Trinajstić information content (AvgIpc) is 2.76. The van der Waals surface area contributed by atoms with Gasteiger partial charge in [-0.1, -0.05) is 0 Å². The van der Waals surface area contributed by atoms with Gasteiger partial charge in [-0.05, 0) is 26.7 Å². The lowest BCUT2D eigenvalue weighted by molar-refractivity contribution is -0.385. The van der Waals surface area contributed by atoms with E-state index in [0.717, 1.165) is 19.0 Å². The van der Waals surface area contributed by atoms with Crippen molar-refractivity contribution in [1.82, 2.24) is 9.88 Å². The molecular formula is C13H18N4O3. The maximum atomic E-state index is 12.6. The predicted molar refractivity (Wildman–Crippen MR) is 74.8 cm³/mol. The minimum absolute atomic E-state index is 0.177. The Bertz CT molecular complexity index is 557. The Morgan fingerprint density at radius 3 is 2.75 bits per heavy atom. The van der Waals surface area contributed by atoms with Gasteiger partial charge in [0.1, 0.15) is 12.0 Å². The number of rotatable bonds is 3. The first kappa shape index (κ1) is 14.2. The summed E-state index contributed by atoms with van der Waals surface area (Å²) in [5.74, 6) is 0.149. The molecule has 1 N–H and O–H groups in total. The van der Waals surface area contributed by atoms with Gasteiger partial charge in [0.15, 0.2) is 0 Å². The normalized spacial score (nSPS) is 17.1. The van der Waals surface area contributed by atoms with Gasteiger partial charge in [0, 0.05) is 25.2 Å². The summed E-state index contributed by atoms with van der Waals surface area (Å²) in [5, 5.41) is 13.7. The number of anilines is 1. The maximum Gasteiger partial charge on any atom is 0.288 e. The quantitative estimate of drug-likeness (QED) is 0.675. The van der Waals surface area contributed by atoms with Crippen LogP contribution in [-0.4, -0.2) is 39.8 Å². The number of aromatic nitrogens is 1. The van der Waals surface area contributed by atoms with E-state index < -0.39 is 4.92 Å². The third kappa shape index (κ3) is 2.43. The first-order chi connectivity index (χ1) is 9.36. The number of hydrogen-bond acceptors (Lipinski definition) is 5. The summed E-state index contributed by atoms with van der Waals surface area (Å²) in [5.41, 5.74) is -0.159. The molecule has 1 amide bonds. The standard InChI is InChI=1S/C13H18N4O3/c1-13(2)5-4-6-16(13)12(18)10-7-9(17(19)20)8-15-11(10)14-3/h7-8H,4-6H2,1-3H3,(H,14,15). The van der Waals surface area contributed by atoms with Crippen LogP contribution in [-0.2, 0) is 0 Å². The maximum absolute atomic E-state index is 12.6. The van der Waals surface area contributed by atoms with Crippen LogP contribution in [0.1, 0.15) is 37.0 Å². The van der Waals surface area contributed by atoms with Crippen LogP contribution in [0.2, 0.25) is 0 Å². The fraction of sp³-hybridized carbons (Fsp3) is 0.538. The Morgan fingerprint density at radius 1 is 1.55 bits per heavy atom. The van der Waals surface area contributed by atoms with E-state index in [1.54, 1.807) is 11.9 Å². The van der Waals surface area contributed by atoms with E-state index in [1.807, 2.05) is 13.8 Å². The molecule has 0 bridgehead atoms. The Hall–Kier alpha value is -2.18. The molecule has 108 valence electrons. The summed E-state index contributed by atoms with van der Waals surface area (Å²) in [6, 6.07) is 1.29. The molecule has 1 fully saturated rings. The van der Waals surface area contributed by atoms with Crippen LogP contribution in [0.25, 0.3) is 0 Å². The molecule has 0 unspecified atom stereocenters. The van der Waals surface area contributed by atoms with Crippen molar-refractivity contribution < 1.29 is 9.72 Å². The molecule has 1 aliphatic rings. The highest BCUT2D eigenvalue weighted by Gasteiger charge is 2.37. The molecule has 0 radical (unpaired) electrons. The molecule has 1 aliphatic heterocycles. The molecule has 0 atom stereocenters. The van der Waals surface area contributed by atoms with E-state index in [1.165, 1.54) is 6.07 Å². The molecule has 0 aromatic carbocycles. The van der Waals surface area contributed by atoms with Crippen LogP contribution in [0.15, 0.2) is 12.3 Å². The smallest absolute Gasteiger partial charge is 0.288 e. The number of pyridine rings is 1. The summed E-state index contributed by atoms with van der Waals surface area (Å²) in [6.45, 7) is 4.67. The van der Waals surface area contributed by atoms with Crippen molar-refractivity contribution in [3.63, 3.8) is 0 Å². The largest absolute Gasteiger partial charge is 0.372 e. The van der Waals surface area contributed by atoms with Gasteiger partial charge in [0.25, 0.3) is 11.6 Å². The summed E-state index contributed by atoms with van der Waals surface area (Å²) in [7, 11) is 1.64. The van der Waals surface area contributed by atoms with Crippen LogP contribution in [0.3, 0.4) is 0 Å². The van der Waals surface area contributed by atoms with Crippen LogP contribution >= 0.6 is 0 Å². The van der Waals surface area contributed by atoms with E-state index in [4.69, 9.17) is 0 Å². The Kier molecular flexibility index (Phi) is 3.61. The van der Waals surface area contributed by atoms with Crippen molar-refractivity contribution in [2.45, 2.75) is 32.2 Å². The molecule has 1 aromatic heterocycles. The fourth-order valence-electron chi connectivity index (χ4n) is 2.55. The van der Waals surface area contributed by atoms with Gasteiger partial charge in [-0.2, -0.15) is 0 Å². The number of nitrogens with zero attached hydrogens (tertiary/aromatic N) is 3. The molecule has 0 spiro atoms. The van der Waals surface area contributed by atoms with Crippen LogP contribution in [0, 0.1) is 10.1 Å². The van der Waals surface area contributed by atoms with Crippen molar-refractivity contribution in [1.29, 1.82) is 0 Å². The number of amides is 1. The summed E-state index contributed by atoms with van der Waals surface area (Å²) >= 11 is 0. The lowest BCUT2D eigenvalue weighted by atomic mass is 10.0. The van der Waals surface area contributed by atoms with Gasteiger partial charge in [-0.3, -0.25) is 14.9 Å². The van der Waals surface area contributed by atoms with Crippen LogP contribution in [0.5, 0.6) is 0 Å². The Morgan fingerprint density at radius 2 is 2.25 bits per heavy atom. The molecule has 7 heteroatoms. The minimum atomic E-state index is -0.543. The summed E-state index contributed by atoms with van der Waals surface area (Å²) in [4.78, 5) is 28.7. The molecule has 0 aliphatic carbocycles. The van der Waals surface area contributed by atoms with Crippen molar-refractivity contribution >= 4 is 17.4 Å². The SMILES string of the molecule is CNc1ncc([N+](=O)[O-])cc1C(=O)N1CCCC1(C)C. The molecule has 0 saturated carbocycles. The molecule has 20 heavy (non-hydrogen) atoms. The fourth-order valence-corrected chi connectivity index (χ4v) is 2.55. The van der Waals surface area contributed by atoms with Gasteiger partial charge >= 0.3 is 0 Å². The number of nitrogens with one attached hydrogen (secondary N) is 1. The molecule has 7 nitrogen and oxygen atoms in total. The van der Waals surface area contributed by atoms with Crippen LogP contribution in [0.4, 0.5) is 11.5 Å². The van der Waals surface area contributed by atoms with Crippen molar-refractivity contribution in [3.8, 4) is 0 Å². The number of carbonyl (C=O) groups excluding carboxylic acids is 1. The number of nitro groups is 1. The number of carbonyl (C=O) groups is 1. The zero-order valence-corrected chi connectivity index (χ0v) is 11.8. The molecule has 2 rings (SSSR count). The monoisotopic (exact) mass is 278 g/mol. The molecule has 1 aromatic rings. The van der Waals surface area contributed by atoms with Gasteiger partial charge in [-0.25, -0.2) is 4.98 Å². The zero-order chi connectivity index (χ0) is 14.9. The third-order valence-electron chi connectivity index (χ3n) is 3.70. The average molecular weight is 278 g/mol. The zero-order valence-electron chi connectivity index (χ0n) is 11.8.